The zero-order valence-electron chi connectivity index (χ0n) is 10.3. The minimum atomic E-state index is -3.37. The number of sulfonamides is 1. The molecule has 1 aromatic rings. The molecule has 1 unspecified atom stereocenters. The Kier molecular flexibility index (Phi) is 5.58. The highest BCUT2D eigenvalue weighted by atomic mass is 32.2. The van der Waals surface area contributed by atoms with Crippen LogP contribution in [0.5, 0.6) is 0 Å². The van der Waals surface area contributed by atoms with Gasteiger partial charge in [-0.1, -0.05) is 19.8 Å². The maximum atomic E-state index is 12.0. The van der Waals surface area contributed by atoms with Crippen molar-refractivity contribution < 1.29 is 8.42 Å². The fraction of sp³-hybridized carbons (Fsp3) is 0.636. The Morgan fingerprint density at radius 3 is 2.76 bits per heavy atom. The number of nitrogens with one attached hydrogen (secondary N) is 1. The lowest BCUT2D eigenvalue weighted by atomic mass is 10.2. The second-order valence-corrected chi connectivity index (χ2v) is 6.99. The molecule has 0 spiro atoms. The first-order valence-electron chi connectivity index (χ1n) is 5.79. The summed E-state index contributed by atoms with van der Waals surface area (Å²) in [7, 11) is -3.37. The molecule has 1 heterocycles. The van der Waals surface area contributed by atoms with Crippen LogP contribution < -0.4 is 10.5 Å². The Morgan fingerprint density at radius 1 is 1.53 bits per heavy atom. The van der Waals surface area contributed by atoms with Gasteiger partial charge in [0, 0.05) is 12.6 Å². The van der Waals surface area contributed by atoms with Crippen LogP contribution in [0.15, 0.2) is 15.7 Å². The molecule has 0 bridgehead atoms. The maximum absolute atomic E-state index is 12.0. The van der Waals surface area contributed by atoms with Crippen molar-refractivity contribution in [1.82, 2.24) is 4.72 Å². The monoisotopic (exact) mass is 276 g/mol. The lowest BCUT2D eigenvalue weighted by molar-refractivity contribution is 0.535. The second-order valence-electron chi connectivity index (χ2n) is 4.14. The number of unbranched alkanes of at least 4 members (excludes halogenated alkanes) is 1. The highest BCUT2D eigenvalue weighted by molar-refractivity contribution is 7.91. The summed E-state index contributed by atoms with van der Waals surface area (Å²) in [6.45, 7) is 4.36. The van der Waals surface area contributed by atoms with Gasteiger partial charge in [0.05, 0.1) is 0 Å². The molecule has 4 nitrogen and oxygen atoms in total. The molecule has 17 heavy (non-hydrogen) atoms. The molecule has 0 aliphatic rings. The van der Waals surface area contributed by atoms with E-state index in [4.69, 9.17) is 5.73 Å². The van der Waals surface area contributed by atoms with Crippen molar-refractivity contribution in [2.75, 3.05) is 0 Å². The van der Waals surface area contributed by atoms with Gasteiger partial charge in [-0.2, -0.15) is 0 Å². The van der Waals surface area contributed by atoms with E-state index in [0.717, 1.165) is 24.8 Å². The van der Waals surface area contributed by atoms with Crippen molar-refractivity contribution >= 4 is 21.4 Å². The van der Waals surface area contributed by atoms with E-state index in [-0.39, 0.29) is 6.04 Å². The van der Waals surface area contributed by atoms with Crippen LogP contribution in [-0.4, -0.2) is 14.5 Å². The largest absolute Gasteiger partial charge is 0.326 e. The van der Waals surface area contributed by atoms with Crippen LogP contribution in [0.1, 0.15) is 38.7 Å². The summed E-state index contributed by atoms with van der Waals surface area (Å²) >= 11 is 1.22. The Bertz CT molecular complexity index is 440. The van der Waals surface area contributed by atoms with Gasteiger partial charge in [-0.15, -0.1) is 11.3 Å². The van der Waals surface area contributed by atoms with Crippen molar-refractivity contribution in [1.29, 1.82) is 0 Å². The molecule has 0 aliphatic carbocycles. The molecule has 0 radical (unpaired) electrons. The normalized spacial score (nSPS) is 13.8. The predicted octanol–water partition coefficient (Wildman–Crippen LogP) is 2.06. The van der Waals surface area contributed by atoms with E-state index >= 15 is 0 Å². The minimum absolute atomic E-state index is 0.0247. The molecular formula is C11H20N2O2S2. The minimum Gasteiger partial charge on any atom is -0.326 e. The standard InChI is InChI=1S/C11H20N2O2S2/c1-3-4-5-9(2)13-17(14,15)11-6-10(7-12)8-16-11/h6,8-9,13H,3-5,7,12H2,1-2H3. The SMILES string of the molecule is CCCCC(C)NS(=O)(=O)c1cc(CN)cs1. The quantitative estimate of drug-likeness (QED) is 0.800. The molecule has 0 fully saturated rings. The van der Waals surface area contributed by atoms with Crippen LogP contribution in [0, 0.1) is 0 Å². The zero-order chi connectivity index (χ0) is 12.9. The van der Waals surface area contributed by atoms with Crippen LogP contribution in [0.25, 0.3) is 0 Å². The number of hydrogen-bond acceptors (Lipinski definition) is 4. The van der Waals surface area contributed by atoms with Crippen molar-refractivity contribution in [3.8, 4) is 0 Å². The van der Waals surface area contributed by atoms with Crippen LogP contribution in [0.2, 0.25) is 0 Å². The Hall–Kier alpha value is -0.430. The highest BCUT2D eigenvalue weighted by Gasteiger charge is 2.18. The Balaban J connectivity index is 2.68. The van der Waals surface area contributed by atoms with Crippen molar-refractivity contribution in [2.24, 2.45) is 5.73 Å². The van der Waals surface area contributed by atoms with Gasteiger partial charge >= 0.3 is 0 Å². The first-order valence-corrected chi connectivity index (χ1v) is 8.15. The van der Waals surface area contributed by atoms with Gasteiger partial charge in [0.2, 0.25) is 10.0 Å². The summed E-state index contributed by atoms with van der Waals surface area (Å²) in [6.07, 6.45) is 2.97. The molecule has 1 atom stereocenters. The van der Waals surface area contributed by atoms with Gasteiger partial charge in [0.15, 0.2) is 0 Å². The Labute approximate surface area is 107 Å². The summed E-state index contributed by atoms with van der Waals surface area (Å²) in [5, 5.41) is 1.78. The molecule has 0 saturated carbocycles. The first kappa shape index (κ1) is 14.6. The third kappa shape index (κ3) is 4.39. The molecule has 0 amide bonds. The lowest BCUT2D eigenvalue weighted by Crippen LogP contribution is -2.32. The van der Waals surface area contributed by atoms with E-state index in [0.29, 0.717) is 10.8 Å². The molecule has 1 aromatic heterocycles. The molecule has 98 valence electrons. The summed E-state index contributed by atoms with van der Waals surface area (Å²) in [5.74, 6) is 0. The van der Waals surface area contributed by atoms with Gasteiger partial charge in [0.25, 0.3) is 0 Å². The maximum Gasteiger partial charge on any atom is 0.250 e. The fourth-order valence-electron chi connectivity index (χ4n) is 1.49. The van der Waals surface area contributed by atoms with E-state index in [1.54, 1.807) is 11.4 Å². The first-order chi connectivity index (χ1) is 7.99. The third-order valence-electron chi connectivity index (χ3n) is 2.48. The third-order valence-corrected chi connectivity index (χ3v) is 5.56. The summed E-state index contributed by atoms with van der Waals surface area (Å²) in [5.41, 5.74) is 6.32. The van der Waals surface area contributed by atoms with E-state index in [2.05, 4.69) is 11.6 Å². The summed E-state index contributed by atoms with van der Waals surface area (Å²) in [4.78, 5) is 0. The topological polar surface area (TPSA) is 72.2 Å². The van der Waals surface area contributed by atoms with Crippen molar-refractivity contribution in [3.05, 3.63) is 17.0 Å². The van der Waals surface area contributed by atoms with Gasteiger partial charge in [0.1, 0.15) is 4.21 Å². The van der Waals surface area contributed by atoms with E-state index in [9.17, 15) is 8.42 Å². The lowest BCUT2D eigenvalue weighted by Gasteiger charge is -2.12. The summed E-state index contributed by atoms with van der Waals surface area (Å²) < 4.78 is 27.0. The molecule has 0 saturated heterocycles. The summed E-state index contributed by atoms with van der Waals surface area (Å²) in [6, 6.07) is 1.61. The van der Waals surface area contributed by atoms with E-state index in [1.165, 1.54) is 11.3 Å². The average Bonchev–Trinajstić information content (AvgIpc) is 2.75. The van der Waals surface area contributed by atoms with Gasteiger partial charge in [-0.05, 0) is 30.4 Å². The zero-order valence-corrected chi connectivity index (χ0v) is 11.9. The van der Waals surface area contributed by atoms with E-state index in [1.807, 2.05) is 6.92 Å². The molecule has 0 aromatic carbocycles. The molecule has 3 N–H and O–H groups in total. The second kappa shape index (κ2) is 6.49. The number of thiophene rings is 1. The highest BCUT2D eigenvalue weighted by Crippen LogP contribution is 2.20. The predicted molar refractivity (Wildman–Crippen MR) is 71.5 cm³/mol. The molecular weight excluding hydrogens is 256 g/mol. The fourth-order valence-corrected chi connectivity index (χ4v) is 4.01. The number of nitrogens with two attached hydrogens (primary N) is 1. The van der Waals surface area contributed by atoms with Gasteiger partial charge in [-0.25, -0.2) is 13.1 Å². The number of hydrogen-bond donors (Lipinski definition) is 2. The van der Waals surface area contributed by atoms with Crippen molar-refractivity contribution in [2.45, 2.75) is 49.9 Å². The average molecular weight is 276 g/mol. The van der Waals surface area contributed by atoms with Crippen LogP contribution >= 0.6 is 11.3 Å². The smallest absolute Gasteiger partial charge is 0.250 e. The van der Waals surface area contributed by atoms with Gasteiger partial charge in [-0.3, -0.25) is 0 Å². The van der Waals surface area contributed by atoms with Crippen LogP contribution in [0.3, 0.4) is 0 Å². The molecule has 1 rings (SSSR count). The van der Waals surface area contributed by atoms with E-state index < -0.39 is 10.0 Å². The van der Waals surface area contributed by atoms with Crippen molar-refractivity contribution in [3.63, 3.8) is 0 Å². The van der Waals surface area contributed by atoms with Crippen LogP contribution in [0.4, 0.5) is 0 Å². The van der Waals surface area contributed by atoms with Gasteiger partial charge < -0.3 is 5.73 Å². The van der Waals surface area contributed by atoms with Crippen LogP contribution in [-0.2, 0) is 16.6 Å². The Morgan fingerprint density at radius 2 is 2.24 bits per heavy atom. The number of rotatable bonds is 7. The molecule has 0 aliphatic heterocycles. The molecule has 6 heteroatoms.